The number of aryl methyl sites for hydroxylation is 2. The zero-order chi connectivity index (χ0) is 21.4. The first-order chi connectivity index (χ1) is 14.3. The average Bonchev–Trinajstić information content (AvgIpc) is 3.33. The maximum atomic E-state index is 13.3. The number of rotatable bonds is 4. The van der Waals surface area contributed by atoms with Crippen LogP contribution in [0.2, 0.25) is 5.02 Å². The molecule has 1 aromatic carbocycles. The summed E-state index contributed by atoms with van der Waals surface area (Å²) in [6, 6.07) is 7.43. The molecule has 1 amide bonds. The number of oxazole rings is 1. The molecule has 30 heavy (non-hydrogen) atoms. The van der Waals surface area contributed by atoms with Crippen molar-refractivity contribution >= 4 is 23.5 Å². The van der Waals surface area contributed by atoms with Crippen LogP contribution in [0.25, 0.3) is 11.1 Å². The molecule has 0 bridgehead atoms. The predicted octanol–water partition coefficient (Wildman–Crippen LogP) is 4.45. The molecule has 156 valence electrons. The van der Waals surface area contributed by atoms with E-state index in [-0.39, 0.29) is 11.9 Å². The summed E-state index contributed by atoms with van der Waals surface area (Å²) in [6.07, 6.45) is 3.52. The van der Waals surface area contributed by atoms with Crippen molar-refractivity contribution in [2.24, 2.45) is 0 Å². The first-order valence-corrected chi connectivity index (χ1v) is 10.3. The standard InChI is InChI=1S/C22H24ClN5O2/c1-13-20(30-14(2)25-13)21(29)28-10-6-9-18(28)19-17(12-24-22(26-19)27(3)4)15-7-5-8-16(23)11-15/h5,7-8,11-12,18H,6,9-10H2,1-4H3. The topological polar surface area (TPSA) is 75.4 Å². The summed E-state index contributed by atoms with van der Waals surface area (Å²) in [6.45, 7) is 4.18. The van der Waals surface area contributed by atoms with E-state index < -0.39 is 0 Å². The van der Waals surface area contributed by atoms with E-state index in [1.807, 2.05) is 54.4 Å². The molecular formula is C22H24ClN5O2. The van der Waals surface area contributed by atoms with Gasteiger partial charge in [-0.3, -0.25) is 4.79 Å². The largest absolute Gasteiger partial charge is 0.436 e. The van der Waals surface area contributed by atoms with E-state index in [0.717, 1.165) is 29.7 Å². The number of amides is 1. The number of hydrogen-bond acceptors (Lipinski definition) is 6. The van der Waals surface area contributed by atoms with Gasteiger partial charge in [-0.25, -0.2) is 15.0 Å². The summed E-state index contributed by atoms with van der Waals surface area (Å²) in [5, 5.41) is 0.641. The zero-order valence-corrected chi connectivity index (χ0v) is 18.3. The number of benzene rings is 1. The molecule has 0 spiro atoms. The first-order valence-electron chi connectivity index (χ1n) is 9.90. The molecular weight excluding hydrogens is 402 g/mol. The maximum Gasteiger partial charge on any atom is 0.292 e. The number of carbonyl (C=O) groups is 1. The highest BCUT2D eigenvalue weighted by Gasteiger charge is 2.36. The molecule has 0 N–H and O–H groups in total. The second kappa shape index (κ2) is 8.07. The van der Waals surface area contributed by atoms with Crippen molar-refractivity contribution in [1.82, 2.24) is 19.9 Å². The van der Waals surface area contributed by atoms with Gasteiger partial charge in [0.05, 0.1) is 17.4 Å². The van der Waals surface area contributed by atoms with Crippen LogP contribution in [0, 0.1) is 13.8 Å². The van der Waals surface area contributed by atoms with Gasteiger partial charge in [-0.1, -0.05) is 23.7 Å². The normalized spacial score (nSPS) is 16.2. The molecule has 1 aliphatic heterocycles. The molecule has 0 radical (unpaired) electrons. The Hall–Kier alpha value is -2.93. The van der Waals surface area contributed by atoms with Crippen LogP contribution in [-0.2, 0) is 0 Å². The highest BCUT2D eigenvalue weighted by molar-refractivity contribution is 6.30. The summed E-state index contributed by atoms with van der Waals surface area (Å²) in [4.78, 5) is 30.6. The molecule has 1 fully saturated rings. The number of nitrogens with zero attached hydrogens (tertiary/aromatic N) is 5. The molecule has 3 aromatic rings. The van der Waals surface area contributed by atoms with Gasteiger partial charge >= 0.3 is 0 Å². The average molecular weight is 426 g/mol. The Balaban J connectivity index is 1.80. The minimum atomic E-state index is -0.182. The maximum absolute atomic E-state index is 13.3. The molecule has 1 aliphatic rings. The molecule has 0 saturated carbocycles. The van der Waals surface area contributed by atoms with Gasteiger partial charge in [-0.05, 0) is 37.5 Å². The minimum Gasteiger partial charge on any atom is -0.436 e. The van der Waals surface area contributed by atoms with E-state index in [0.29, 0.717) is 34.9 Å². The van der Waals surface area contributed by atoms with Crippen LogP contribution in [0.1, 0.15) is 46.7 Å². The second-order valence-electron chi connectivity index (χ2n) is 7.68. The van der Waals surface area contributed by atoms with Crippen molar-refractivity contribution in [2.45, 2.75) is 32.7 Å². The van der Waals surface area contributed by atoms with Crippen molar-refractivity contribution in [2.75, 3.05) is 25.5 Å². The number of carbonyl (C=O) groups excluding carboxylic acids is 1. The third-order valence-electron chi connectivity index (χ3n) is 5.27. The van der Waals surface area contributed by atoms with Crippen LogP contribution < -0.4 is 4.90 Å². The number of aromatic nitrogens is 3. The summed E-state index contributed by atoms with van der Waals surface area (Å²) in [5.74, 6) is 1.23. The number of likely N-dealkylation sites (tertiary alicyclic amines) is 1. The lowest BCUT2D eigenvalue weighted by molar-refractivity contribution is 0.0698. The van der Waals surface area contributed by atoms with Crippen molar-refractivity contribution in [1.29, 1.82) is 0 Å². The SMILES string of the molecule is Cc1nc(C)c(C(=O)N2CCCC2c2nc(N(C)C)ncc2-c2cccc(Cl)c2)o1. The van der Waals surface area contributed by atoms with Gasteiger partial charge in [0.1, 0.15) is 0 Å². The van der Waals surface area contributed by atoms with Gasteiger partial charge in [0.15, 0.2) is 5.89 Å². The van der Waals surface area contributed by atoms with Crippen molar-refractivity contribution in [3.63, 3.8) is 0 Å². The molecule has 4 rings (SSSR count). The Labute approximate surface area is 180 Å². The molecule has 7 nitrogen and oxygen atoms in total. The van der Waals surface area contributed by atoms with Gasteiger partial charge in [0.25, 0.3) is 5.91 Å². The van der Waals surface area contributed by atoms with Crippen molar-refractivity contribution in [3.05, 3.63) is 58.5 Å². The number of anilines is 1. The van der Waals surface area contributed by atoms with Gasteiger partial charge in [0.2, 0.25) is 11.7 Å². The second-order valence-corrected chi connectivity index (χ2v) is 8.11. The number of hydrogen-bond donors (Lipinski definition) is 0. The van der Waals surface area contributed by atoms with Crippen LogP contribution in [0.3, 0.4) is 0 Å². The molecule has 1 atom stereocenters. The highest BCUT2D eigenvalue weighted by atomic mass is 35.5. The van der Waals surface area contributed by atoms with Crippen molar-refractivity contribution in [3.8, 4) is 11.1 Å². The summed E-state index contributed by atoms with van der Waals surface area (Å²) in [7, 11) is 3.80. The molecule has 3 heterocycles. The number of halogens is 1. The van der Waals surface area contributed by atoms with E-state index in [1.54, 1.807) is 13.8 Å². The van der Waals surface area contributed by atoms with E-state index in [1.165, 1.54) is 0 Å². The van der Waals surface area contributed by atoms with Gasteiger partial charge < -0.3 is 14.2 Å². The Morgan fingerprint density at radius 1 is 1.27 bits per heavy atom. The van der Waals surface area contributed by atoms with E-state index in [9.17, 15) is 4.79 Å². The monoisotopic (exact) mass is 425 g/mol. The molecule has 2 aromatic heterocycles. The van der Waals surface area contributed by atoms with Crippen LogP contribution >= 0.6 is 11.6 Å². The lowest BCUT2D eigenvalue weighted by Gasteiger charge is -2.26. The fourth-order valence-electron chi connectivity index (χ4n) is 3.89. The Morgan fingerprint density at radius 2 is 2.07 bits per heavy atom. The van der Waals surface area contributed by atoms with Crippen LogP contribution in [0.5, 0.6) is 0 Å². The molecule has 8 heteroatoms. The third kappa shape index (κ3) is 3.77. The summed E-state index contributed by atoms with van der Waals surface area (Å²) >= 11 is 6.23. The predicted molar refractivity (Wildman–Crippen MR) is 116 cm³/mol. The van der Waals surface area contributed by atoms with Crippen LogP contribution in [0.15, 0.2) is 34.9 Å². The summed E-state index contributed by atoms with van der Waals surface area (Å²) in [5.41, 5.74) is 3.22. The Morgan fingerprint density at radius 3 is 2.73 bits per heavy atom. The molecule has 1 saturated heterocycles. The minimum absolute atomic E-state index is 0.155. The third-order valence-corrected chi connectivity index (χ3v) is 5.50. The lowest BCUT2D eigenvalue weighted by atomic mass is 9.99. The first kappa shape index (κ1) is 20.3. The molecule has 1 unspecified atom stereocenters. The fourth-order valence-corrected chi connectivity index (χ4v) is 4.08. The van der Waals surface area contributed by atoms with Gasteiger partial charge in [-0.15, -0.1) is 0 Å². The quantitative estimate of drug-likeness (QED) is 0.614. The smallest absolute Gasteiger partial charge is 0.292 e. The Bertz CT molecular complexity index is 1090. The fraction of sp³-hybridized carbons (Fsp3) is 0.364. The summed E-state index contributed by atoms with van der Waals surface area (Å²) < 4.78 is 5.60. The zero-order valence-electron chi connectivity index (χ0n) is 17.5. The van der Waals surface area contributed by atoms with Gasteiger partial charge in [-0.2, -0.15) is 0 Å². The molecule has 0 aliphatic carbocycles. The van der Waals surface area contributed by atoms with E-state index in [2.05, 4.69) is 9.97 Å². The van der Waals surface area contributed by atoms with E-state index >= 15 is 0 Å². The van der Waals surface area contributed by atoms with E-state index in [4.69, 9.17) is 21.0 Å². The van der Waals surface area contributed by atoms with Crippen LogP contribution in [0.4, 0.5) is 5.95 Å². The van der Waals surface area contributed by atoms with Crippen molar-refractivity contribution < 1.29 is 9.21 Å². The highest BCUT2D eigenvalue weighted by Crippen LogP contribution is 2.38. The van der Waals surface area contributed by atoms with Gasteiger partial charge in [0, 0.05) is 44.3 Å². The Kier molecular flexibility index (Phi) is 5.47. The van der Waals surface area contributed by atoms with Crippen LogP contribution in [-0.4, -0.2) is 46.4 Å². The lowest BCUT2D eigenvalue weighted by Crippen LogP contribution is -2.32.